The van der Waals surface area contributed by atoms with E-state index in [9.17, 15) is 0 Å². The van der Waals surface area contributed by atoms with Gasteiger partial charge in [-0.15, -0.1) is 0 Å². The van der Waals surface area contributed by atoms with Gasteiger partial charge in [-0.05, 0) is 41.5 Å². The van der Waals surface area contributed by atoms with Crippen LogP contribution >= 0.6 is 0 Å². The lowest BCUT2D eigenvalue weighted by atomic mass is 9.81. The lowest BCUT2D eigenvalue weighted by Crippen LogP contribution is -2.45. The summed E-state index contributed by atoms with van der Waals surface area (Å²) in [6.07, 6.45) is 3.86. The molecule has 2 aliphatic rings. The smallest absolute Gasteiger partial charge is 0.0358 e. The van der Waals surface area contributed by atoms with Gasteiger partial charge in [0.1, 0.15) is 0 Å². The summed E-state index contributed by atoms with van der Waals surface area (Å²) >= 11 is 0. The molecule has 1 aliphatic carbocycles. The van der Waals surface area contributed by atoms with Gasteiger partial charge in [-0.2, -0.15) is 0 Å². The second kappa shape index (κ2) is 6.23. The van der Waals surface area contributed by atoms with Crippen LogP contribution in [0.2, 0.25) is 0 Å². The van der Waals surface area contributed by atoms with Gasteiger partial charge in [0.05, 0.1) is 0 Å². The zero-order valence-electron chi connectivity index (χ0n) is 13.1. The van der Waals surface area contributed by atoms with E-state index in [1.807, 2.05) is 0 Å². The highest BCUT2D eigenvalue weighted by atomic mass is 15.2. The molecule has 2 aromatic carbocycles. The molecule has 1 heterocycles. The highest BCUT2D eigenvalue weighted by Crippen LogP contribution is 2.40. The standard InChI is InChI=1S/C20H24N2/c1-2-6-16(7-3-1)18-10-4-8-17-9-5-11-19(20(17)18)22-14-12-21-13-15-22/h1-4,6-8,10,19,21H,5,9,11-15H2. The Morgan fingerprint density at radius 2 is 1.73 bits per heavy atom. The Morgan fingerprint density at radius 1 is 0.909 bits per heavy atom. The molecular formula is C20H24N2. The van der Waals surface area contributed by atoms with Crippen molar-refractivity contribution >= 4 is 0 Å². The van der Waals surface area contributed by atoms with Crippen LogP contribution in [0.15, 0.2) is 48.5 Å². The van der Waals surface area contributed by atoms with Crippen molar-refractivity contribution in [3.8, 4) is 11.1 Å². The predicted molar refractivity (Wildman–Crippen MR) is 92.0 cm³/mol. The van der Waals surface area contributed by atoms with Gasteiger partial charge >= 0.3 is 0 Å². The van der Waals surface area contributed by atoms with Crippen molar-refractivity contribution in [2.24, 2.45) is 0 Å². The highest BCUT2D eigenvalue weighted by Gasteiger charge is 2.29. The van der Waals surface area contributed by atoms with E-state index in [0.717, 1.165) is 13.1 Å². The number of aryl methyl sites for hydroxylation is 1. The second-order valence-corrected chi connectivity index (χ2v) is 6.44. The summed E-state index contributed by atoms with van der Waals surface area (Å²) in [7, 11) is 0. The maximum atomic E-state index is 3.48. The first-order valence-electron chi connectivity index (χ1n) is 8.55. The van der Waals surface area contributed by atoms with Gasteiger partial charge in [-0.1, -0.05) is 48.5 Å². The molecule has 0 saturated carbocycles. The van der Waals surface area contributed by atoms with Crippen LogP contribution in [0.5, 0.6) is 0 Å². The number of piperazine rings is 1. The fourth-order valence-corrected chi connectivity index (χ4v) is 4.08. The molecule has 2 nitrogen and oxygen atoms in total. The molecule has 0 spiro atoms. The van der Waals surface area contributed by atoms with Crippen molar-refractivity contribution < 1.29 is 0 Å². The molecule has 0 radical (unpaired) electrons. The molecule has 1 unspecified atom stereocenters. The normalized spacial score (nSPS) is 22.3. The third-order valence-electron chi connectivity index (χ3n) is 5.13. The van der Waals surface area contributed by atoms with Gasteiger partial charge in [0.25, 0.3) is 0 Å². The Morgan fingerprint density at radius 3 is 2.55 bits per heavy atom. The van der Waals surface area contributed by atoms with Crippen LogP contribution < -0.4 is 5.32 Å². The van der Waals surface area contributed by atoms with Gasteiger partial charge < -0.3 is 5.32 Å². The monoisotopic (exact) mass is 292 g/mol. The van der Waals surface area contributed by atoms with Crippen LogP contribution in [0, 0.1) is 0 Å². The van der Waals surface area contributed by atoms with Gasteiger partial charge in [-0.25, -0.2) is 0 Å². The van der Waals surface area contributed by atoms with Crippen molar-refractivity contribution in [3.63, 3.8) is 0 Å². The Bertz CT molecular complexity index is 629. The molecule has 22 heavy (non-hydrogen) atoms. The third-order valence-corrected chi connectivity index (χ3v) is 5.13. The van der Waals surface area contributed by atoms with Crippen LogP contribution in [-0.2, 0) is 6.42 Å². The van der Waals surface area contributed by atoms with E-state index in [4.69, 9.17) is 0 Å². The van der Waals surface area contributed by atoms with Crippen molar-refractivity contribution in [1.29, 1.82) is 0 Å². The van der Waals surface area contributed by atoms with Crippen LogP contribution in [0.1, 0.15) is 30.0 Å². The van der Waals surface area contributed by atoms with E-state index in [1.54, 1.807) is 11.1 Å². The number of hydrogen-bond acceptors (Lipinski definition) is 2. The minimum Gasteiger partial charge on any atom is -0.314 e. The van der Waals surface area contributed by atoms with Gasteiger partial charge in [-0.3, -0.25) is 4.90 Å². The molecule has 114 valence electrons. The molecule has 0 aromatic heterocycles. The SMILES string of the molecule is c1ccc(-c2cccc3c2C(N2CCNCC2)CCC3)cc1. The predicted octanol–water partition coefficient (Wildman–Crippen LogP) is 3.64. The molecular weight excluding hydrogens is 268 g/mol. The summed E-state index contributed by atoms with van der Waals surface area (Å²) in [4.78, 5) is 2.70. The quantitative estimate of drug-likeness (QED) is 0.909. The Balaban J connectivity index is 1.78. The summed E-state index contributed by atoms with van der Waals surface area (Å²) in [6, 6.07) is 18.4. The van der Waals surface area contributed by atoms with E-state index < -0.39 is 0 Å². The fourth-order valence-electron chi connectivity index (χ4n) is 4.08. The van der Waals surface area contributed by atoms with E-state index in [0.29, 0.717) is 6.04 Å². The van der Waals surface area contributed by atoms with Crippen LogP contribution in [-0.4, -0.2) is 31.1 Å². The van der Waals surface area contributed by atoms with Crippen molar-refractivity contribution in [3.05, 3.63) is 59.7 Å². The second-order valence-electron chi connectivity index (χ2n) is 6.44. The van der Waals surface area contributed by atoms with Gasteiger partial charge in [0, 0.05) is 32.2 Å². The molecule has 2 heteroatoms. The molecule has 1 aliphatic heterocycles. The summed E-state index contributed by atoms with van der Waals surface area (Å²) in [6.45, 7) is 4.60. The molecule has 4 rings (SSSR count). The summed E-state index contributed by atoms with van der Waals surface area (Å²) in [5, 5.41) is 3.48. The van der Waals surface area contributed by atoms with Gasteiger partial charge in [0.2, 0.25) is 0 Å². The summed E-state index contributed by atoms with van der Waals surface area (Å²) < 4.78 is 0. The Kier molecular flexibility index (Phi) is 3.96. The minimum absolute atomic E-state index is 0.599. The van der Waals surface area contributed by atoms with E-state index in [1.165, 1.54) is 43.5 Å². The molecule has 1 fully saturated rings. The van der Waals surface area contributed by atoms with Crippen LogP contribution in [0.3, 0.4) is 0 Å². The topological polar surface area (TPSA) is 15.3 Å². The average molecular weight is 292 g/mol. The van der Waals surface area contributed by atoms with E-state index in [2.05, 4.69) is 58.7 Å². The Hall–Kier alpha value is -1.64. The Labute approximate surface area is 133 Å². The molecule has 1 N–H and O–H groups in total. The van der Waals surface area contributed by atoms with Crippen molar-refractivity contribution in [2.75, 3.05) is 26.2 Å². The number of rotatable bonds is 2. The number of nitrogens with zero attached hydrogens (tertiary/aromatic N) is 1. The number of hydrogen-bond donors (Lipinski definition) is 1. The largest absolute Gasteiger partial charge is 0.314 e. The van der Waals surface area contributed by atoms with Gasteiger partial charge in [0.15, 0.2) is 0 Å². The molecule has 1 saturated heterocycles. The first-order valence-corrected chi connectivity index (χ1v) is 8.55. The van der Waals surface area contributed by atoms with E-state index >= 15 is 0 Å². The lowest BCUT2D eigenvalue weighted by molar-refractivity contribution is 0.158. The molecule has 0 amide bonds. The van der Waals surface area contributed by atoms with Crippen molar-refractivity contribution in [2.45, 2.75) is 25.3 Å². The summed E-state index contributed by atoms with van der Waals surface area (Å²) in [5.41, 5.74) is 5.97. The number of nitrogens with one attached hydrogen (secondary N) is 1. The number of fused-ring (bicyclic) bond motifs is 1. The number of benzene rings is 2. The summed E-state index contributed by atoms with van der Waals surface area (Å²) in [5.74, 6) is 0. The first kappa shape index (κ1) is 14.0. The van der Waals surface area contributed by atoms with E-state index in [-0.39, 0.29) is 0 Å². The van der Waals surface area contributed by atoms with Crippen LogP contribution in [0.4, 0.5) is 0 Å². The fraction of sp³-hybridized carbons (Fsp3) is 0.400. The zero-order valence-corrected chi connectivity index (χ0v) is 13.1. The average Bonchev–Trinajstić information content (AvgIpc) is 2.62. The highest BCUT2D eigenvalue weighted by molar-refractivity contribution is 5.70. The van der Waals surface area contributed by atoms with Crippen LogP contribution in [0.25, 0.3) is 11.1 Å². The molecule has 1 atom stereocenters. The molecule has 2 aromatic rings. The maximum Gasteiger partial charge on any atom is 0.0358 e. The minimum atomic E-state index is 0.599. The first-order chi connectivity index (χ1) is 10.9. The lowest BCUT2D eigenvalue weighted by Gasteiger charge is -2.39. The van der Waals surface area contributed by atoms with Crippen molar-refractivity contribution in [1.82, 2.24) is 10.2 Å². The molecule has 0 bridgehead atoms. The third kappa shape index (κ3) is 2.57. The maximum absolute atomic E-state index is 3.48. The zero-order chi connectivity index (χ0) is 14.8.